The molecule has 2 aromatic carbocycles. The highest BCUT2D eigenvalue weighted by molar-refractivity contribution is 6.08. The summed E-state index contributed by atoms with van der Waals surface area (Å²) < 4.78 is 19.2. The Hall–Kier alpha value is -3.42. The zero-order valence-corrected chi connectivity index (χ0v) is 17.2. The number of nitrogens with zero attached hydrogens (tertiary/aromatic N) is 1. The van der Waals surface area contributed by atoms with Crippen LogP contribution in [-0.2, 0) is 16.9 Å². The molecule has 0 aromatic heterocycles. The van der Waals surface area contributed by atoms with Gasteiger partial charge in [0.15, 0.2) is 5.54 Å². The number of hydrogen-bond acceptors (Lipinski definition) is 4. The number of unbranched alkanes of at least 4 members (excludes halogenated alkanes) is 2. The molecule has 0 radical (unpaired) electrons. The topological polar surface area (TPSA) is 87.7 Å². The van der Waals surface area contributed by atoms with Crippen LogP contribution in [0.2, 0.25) is 0 Å². The highest BCUT2D eigenvalue weighted by Crippen LogP contribution is 2.32. The monoisotopic (exact) mass is 425 g/mol. The Labute approximate surface area is 179 Å². The molecule has 0 saturated carbocycles. The van der Waals surface area contributed by atoms with Crippen LogP contribution in [0.1, 0.15) is 47.7 Å². The van der Waals surface area contributed by atoms with Crippen molar-refractivity contribution in [3.05, 3.63) is 65.0 Å². The quantitative estimate of drug-likeness (QED) is 0.503. The largest absolute Gasteiger partial charge is 0.494 e. The molecule has 2 aliphatic rings. The molecule has 1 fully saturated rings. The van der Waals surface area contributed by atoms with Gasteiger partial charge < -0.3 is 15.0 Å². The molecule has 7 nitrogen and oxygen atoms in total. The summed E-state index contributed by atoms with van der Waals surface area (Å²) in [5.41, 5.74) is 0.264. The second-order valence-electron chi connectivity index (χ2n) is 7.86. The van der Waals surface area contributed by atoms with Crippen molar-refractivity contribution < 1.29 is 23.5 Å². The van der Waals surface area contributed by atoms with Crippen LogP contribution < -0.4 is 15.4 Å². The van der Waals surface area contributed by atoms with Gasteiger partial charge in [-0.25, -0.2) is 9.18 Å². The van der Waals surface area contributed by atoms with Crippen LogP contribution in [0.3, 0.4) is 0 Å². The molecule has 0 aliphatic carbocycles. The molecule has 162 valence electrons. The third-order valence-corrected chi connectivity index (χ3v) is 5.68. The first-order valence-corrected chi connectivity index (χ1v) is 10.4. The molecule has 1 saturated heterocycles. The van der Waals surface area contributed by atoms with Gasteiger partial charge in [-0.1, -0.05) is 38.0 Å². The highest BCUT2D eigenvalue weighted by atomic mass is 19.1. The van der Waals surface area contributed by atoms with E-state index in [1.165, 1.54) is 29.2 Å². The summed E-state index contributed by atoms with van der Waals surface area (Å²) in [7, 11) is 0. The Balaban J connectivity index is 1.56. The van der Waals surface area contributed by atoms with E-state index in [-0.39, 0.29) is 12.5 Å². The zero-order chi connectivity index (χ0) is 22.0. The van der Waals surface area contributed by atoms with Crippen LogP contribution in [0.5, 0.6) is 5.75 Å². The summed E-state index contributed by atoms with van der Waals surface area (Å²) >= 11 is 0. The molecule has 2 heterocycles. The first-order valence-electron chi connectivity index (χ1n) is 10.4. The lowest BCUT2D eigenvalue weighted by molar-refractivity contribution is -0.124. The lowest BCUT2D eigenvalue weighted by Crippen LogP contribution is -2.52. The maximum Gasteiger partial charge on any atom is 0.322 e. The Bertz CT molecular complexity index is 1020. The van der Waals surface area contributed by atoms with Gasteiger partial charge in [0.1, 0.15) is 11.6 Å². The van der Waals surface area contributed by atoms with Crippen molar-refractivity contribution in [3.8, 4) is 5.75 Å². The van der Waals surface area contributed by atoms with E-state index in [0.29, 0.717) is 30.0 Å². The Morgan fingerprint density at radius 1 is 1.10 bits per heavy atom. The van der Waals surface area contributed by atoms with E-state index in [2.05, 4.69) is 17.6 Å². The van der Waals surface area contributed by atoms with Gasteiger partial charge in [0.2, 0.25) is 0 Å². The van der Waals surface area contributed by atoms with Crippen LogP contribution in [0.15, 0.2) is 42.5 Å². The Morgan fingerprint density at radius 3 is 2.55 bits per heavy atom. The molecular weight excluding hydrogens is 401 g/mol. The fraction of sp³-hybridized carbons (Fsp3) is 0.348. The molecule has 1 atom stereocenters. The van der Waals surface area contributed by atoms with E-state index in [1.807, 2.05) is 12.1 Å². The summed E-state index contributed by atoms with van der Waals surface area (Å²) in [6, 6.07) is 10.1. The Morgan fingerprint density at radius 2 is 1.87 bits per heavy atom. The second kappa shape index (κ2) is 8.37. The fourth-order valence-electron chi connectivity index (χ4n) is 4.02. The van der Waals surface area contributed by atoms with Gasteiger partial charge in [-0.2, -0.15) is 0 Å². The highest BCUT2D eigenvalue weighted by Gasteiger charge is 2.50. The number of imide groups is 1. The minimum Gasteiger partial charge on any atom is -0.494 e. The van der Waals surface area contributed by atoms with Crippen molar-refractivity contribution in [2.45, 2.75) is 38.3 Å². The average molecular weight is 425 g/mol. The van der Waals surface area contributed by atoms with E-state index >= 15 is 0 Å². The fourth-order valence-corrected chi connectivity index (χ4v) is 4.02. The van der Waals surface area contributed by atoms with Crippen LogP contribution >= 0.6 is 0 Å². The van der Waals surface area contributed by atoms with E-state index in [0.717, 1.165) is 24.8 Å². The summed E-state index contributed by atoms with van der Waals surface area (Å²) in [6.45, 7) is 2.94. The lowest BCUT2D eigenvalue weighted by atomic mass is 9.89. The van der Waals surface area contributed by atoms with Crippen molar-refractivity contribution in [1.29, 1.82) is 0 Å². The minimum atomic E-state index is -1.48. The molecule has 0 bridgehead atoms. The third kappa shape index (κ3) is 3.97. The number of amides is 4. The standard InChI is InChI=1S/C23H24FN3O4/c1-2-3-4-11-31-18-10-5-15-13-27(20(28)19(15)12-18)14-23(21(29)25-22(30)26-23)16-6-8-17(24)9-7-16/h5-10,12H,2-4,11,13-14H2,1H3,(H2,25,26,29,30)/t23-/m0/s1. The molecule has 0 unspecified atom stereocenters. The molecule has 8 heteroatoms. The number of hydrogen-bond donors (Lipinski definition) is 2. The van der Waals surface area contributed by atoms with Gasteiger partial charge in [-0.3, -0.25) is 14.9 Å². The molecular formula is C23H24FN3O4. The van der Waals surface area contributed by atoms with Gasteiger partial charge in [-0.15, -0.1) is 0 Å². The Kier molecular flexibility index (Phi) is 5.63. The van der Waals surface area contributed by atoms with E-state index in [4.69, 9.17) is 4.74 Å². The van der Waals surface area contributed by atoms with Crippen molar-refractivity contribution in [2.75, 3.05) is 13.2 Å². The van der Waals surface area contributed by atoms with Crippen molar-refractivity contribution >= 4 is 17.8 Å². The number of halogens is 1. The molecule has 4 rings (SSSR count). The summed E-state index contributed by atoms with van der Waals surface area (Å²) in [6.07, 6.45) is 3.13. The number of ether oxygens (including phenoxy) is 1. The number of fused-ring (bicyclic) bond motifs is 1. The number of rotatable bonds is 8. The number of nitrogens with one attached hydrogen (secondary N) is 2. The number of carbonyl (C=O) groups is 3. The van der Waals surface area contributed by atoms with Gasteiger partial charge in [0.05, 0.1) is 13.2 Å². The van der Waals surface area contributed by atoms with E-state index in [1.54, 1.807) is 6.07 Å². The molecule has 2 N–H and O–H groups in total. The maximum atomic E-state index is 13.4. The van der Waals surface area contributed by atoms with Gasteiger partial charge in [0.25, 0.3) is 11.8 Å². The maximum absolute atomic E-state index is 13.4. The SMILES string of the molecule is CCCCCOc1ccc2c(c1)C(=O)N(C[C@@]1(c3ccc(F)cc3)NC(=O)NC1=O)C2. The second-order valence-corrected chi connectivity index (χ2v) is 7.86. The average Bonchev–Trinajstić information content (AvgIpc) is 3.21. The molecule has 2 aromatic rings. The van der Waals surface area contributed by atoms with Crippen LogP contribution in [-0.4, -0.2) is 35.9 Å². The van der Waals surface area contributed by atoms with Crippen LogP contribution in [0.4, 0.5) is 9.18 Å². The molecule has 2 aliphatic heterocycles. The third-order valence-electron chi connectivity index (χ3n) is 5.68. The van der Waals surface area contributed by atoms with Crippen LogP contribution in [0.25, 0.3) is 0 Å². The first kappa shape index (κ1) is 20.8. The zero-order valence-electron chi connectivity index (χ0n) is 17.2. The van der Waals surface area contributed by atoms with E-state index < -0.39 is 23.3 Å². The molecule has 31 heavy (non-hydrogen) atoms. The number of urea groups is 1. The molecule has 0 spiro atoms. The molecule has 4 amide bonds. The smallest absolute Gasteiger partial charge is 0.322 e. The van der Waals surface area contributed by atoms with Crippen molar-refractivity contribution in [1.82, 2.24) is 15.5 Å². The lowest BCUT2D eigenvalue weighted by Gasteiger charge is -2.31. The first-order chi connectivity index (χ1) is 14.9. The summed E-state index contributed by atoms with van der Waals surface area (Å²) in [5.74, 6) is -0.651. The van der Waals surface area contributed by atoms with Gasteiger partial charge in [-0.05, 0) is 41.8 Å². The van der Waals surface area contributed by atoms with Gasteiger partial charge >= 0.3 is 6.03 Å². The van der Waals surface area contributed by atoms with Crippen LogP contribution in [0, 0.1) is 5.82 Å². The number of carbonyl (C=O) groups excluding carboxylic acids is 3. The van der Waals surface area contributed by atoms with Crippen molar-refractivity contribution in [2.24, 2.45) is 0 Å². The predicted molar refractivity (Wildman–Crippen MR) is 111 cm³/mol. The predicted octanol–water partition coefficient (Wildman–Crippen LogP) is 3.09. The normalized spacial score (nSPS) is 19.9. The summed E-state index contributed by atoms with van der Waals surface area (Å²) in [5, 5.41) is 4.87. The van der Waals surface area contributed by atoms with Crippen molar-refractivity contribution in [3.63, 3.8) is 0 Å². The van der Waals surface area contributed by atoms with E-state index in [9.17, 15) is 18.8 Å². The summed E-state index contributed by atoms with van der Waals surface area (Å²) in [4.78, 5) is 39.3. The van der Waals surface area contributed by atoms with Gasteiger partial charge in [0, 0.05) is 12.1 Å². The minimum absolute atomic E-state index is 0.0730. The number of benzene rings is 2.